The van der Waals surface area contributed by atoms with Gasteiger partial charge in [-0.25, -0.2) is 4.98 Å². The molecule has 2 nitrogen and oxygen atoms in total. The summed E-state index contributed by atoms with van der Waals surface area (Å²) in [6.07, 6.45) is 0. The molecule has 3 rings (SSSR count). The maximum absolute atomic E-state index is 9.03. The SMILES string of the molecule is N#Cc1cccc2nc3ccccc3cc12. The van der Waals surface area contributed by atoms with Crippen LogP contribution in [-0.2, 0) is 0 Å². The molecule has 0 atom stereocenters. The minimum Gasteiger partial charge on any atom is -0.248 e. The molecule has 0 saturated carbocycles. The molecule has 0 N–H and O–H groups in total. The fraction of sp³-hybridized carbons (Fsp3) is 0. The van der Waals surface area contributed by atoms with Crippen LogP contribution in [0, 0.1) is 11.3 Å². The van der Waals surface area contributed by atoms with Crippen molar-refractivity contribution < 1.29 is 0 Å². The molecule has 0 fully saturated rings. The topological polar surface area (TPSA) is 36.7 Å². The van der Waals surface area contributed by atoms with Crippen LogP contribution in [-0.4, -0.2) is 4.98 Å². The highest BCUT2D eigenvalue weighted by molar-refractivity contribution is 5.95. The Hall–Kier alpha value is -2.40. The van der Waals surface area contributed by atoms with Gasteiger partial charge in [-0.2, -0.15) is 5.26 Å². The summed E-state index contributed by atoms with van der Waals surface area (Å²) in [5.41, 5.74) is 2.51. The molecule has 2 heteroatoms. The first-order valence-electron chi connectivity index (χ1n) is 5.07. The minimum absolute atomic E-state index is 0.677. The zero-order chi connectivity index (χ0) is 11.0. The summed E-state index contributed by atoms with van der Waals surface area (Å²) < 4.78 is 0. The summed E-state index contributed by atoms with van der Waals surface area (Å²) in [7, 11) is 0. The molecule has 0 unspecified atom stereocenters. The molecule has 2 aromatic carbocycles. The van der Waals surface area contributed by atoms with Crippen molar-refractivity contribution in [1.82, 2.24) is 4.98 Å². The van der Waals surface area contributed by atoms with Crippen molar-refractivity contribution in [2.75, 3.05) is 0 Å². The fourth-order valence-electron chi connectivity index (χ4n) is 1.90. The lowest BCUT2D eigenvalue weighted by Gasteiger charge is -2.02. The van der Waals surface area contributed by atoms with Crippen molar-refractivity contribution in [3.05, 3.63) is 54.1 Å². The van der Waals surface area contributed by atoms with E-state index in [2.05, 4.69) is 11.1 Å². The van der Waals surface area contributed by atoms with Crippen LogP contribution < -0.4 is 0 Å². The van der Waals surface area contributed by atoms with Gasteiger partial charge in [-0.1, -0.05) is 24.3 Å². The van der Waals surface area contributed by atoms with E-state index < -0.39 is 0 Å². The Kier molecular flexibility index (Phi) is 1.84. The lowest BCUT2D eigenvalue weighted by Crippen LogP contribution is -1.84. The van der Waals surface area contributed by atoms with E-state index in [-0.39, 0.29) is 0 Å². The van der Waals surface area contributed by atoms with Crippen LogP contribution in [0.25, 0.3) is 21.8 Å². The van der Waals surface area contributed by atoms with E-state index in [0.717, 1.165) is 21.8 Å². The van der Waals surface area contributed by atoms with Crippen molar-refractivity contribution >= 4 is 21.8 Å². The van der Waals surface area contributed by atoms with E-state index in [1.165, 1.54) is 0 Å². The number of hydrogen-bond acceptors (Lipinski definition) is 2. The number of fused-ring (bicyclic) bond motifs is 2. The second kappa shape index (κ2) is 3.32. The number of para-hydroxylation sites is 1. The number of nitriles is 1. The Bertz CT molecular complexity index is 723. The van der Waals surface area contributed by atoms with Gasteiger partial charge in [0.15, 0.2) is 0 Å². The average molecular weight is 204 g/mol. The second-order valence-corrected chi connectivity index (χ2v) is 3.67. The fourth-order valence-corrected chi connectivity index (χ4v) is 1.90. The molecule has 0 aliphatic rings. The second-order valence-electron chi connectivity index (χ2n) is 3.67. The number of hydrogen-bond donors (Lipinski definition) is 0. The van der Waals surface area contributed by atoms with E-state index in [9.17, 15) is 0 Å². The Morgan fingerprint density at radius 2 is 1.75 bits per heavy atom. The first-order valence-corrected chi connectivity index (χ1v) is 5.07. The zero-order valence-corrected chi connectivity index (χ0v) is 8.51. The van der Waals surface area contributed by atoms with Gasteiger partial charge < -0.3 is 0 Å². The molecule has 0 amide bonds. The highest BCUT2D eigenvalue weighted by atomic mass is 14.7. The molecule has 0 spiro atoms. The highest BCUT2D eigenvalue weighted by Gasteiger charge is 2.02. The minimum atomic E-state index is 0.677. The summed E-state index contributed by atoms with van der Waals surface area (Å²) in [5, 5.41) is 11.0. The average Bonchev–Trinajstić information content (AvgIpc) is 2.35. The van der Waals surface area contributed by atoms with Crippen molar-refractivity contribution in [1.29, 1.82) is 5.26 Å². The van der Waals surface area contributed by atoms with Gasteiger partial charge in [0, 0.05) is 10.8 Å². The molecule has 0 radical (unpaired) electrons. The van der Waals surface area contributed by atoms with Gasteiger partial charge >= 0.3 is 0 Å². The molecule has 0 aliphatic heterocycles. The number of rotatable bonds is 0. The summed E-state index contributed by atoms with van der Waals surface area (Å²) in [5.74, 6) is 0. The Morgan fingerprint density at radius 3 is 2.62 bits per heavy atom. The van der Waals surface area contributed by atoms with Gasteiger partial charge in [0.25, 0.3) is 0 Å². The molecular weight excluding hydrogens is 196 g/mol. The first kappa shape index (κ1) is 8.87. The summed E-state index contributed by atoms with van der Waals surface area (Å²) in [6.45, 7) is 0. The van der Waals surface area contributed by atoms with Crippen LogP contribution in [0.3, 0.4) is 0 Å². The maximum atomic E-state index is 9.03. The molecule has 0 aliphatic carbocycles. The Morgan fingerprint density at radius 1 is 0.938 bits per heavy atom. The third kappa shape index (κ3) is 1.23. The van der Waals surface area contributed by atoms with Crippen LogP contribution in [0.1, 0.15) is 5.56 Å². The third-order valence-electron chi connectivity index (χ3n) is 2.68. The number of aromatic nitrogens is 1. The molecule has 0 saturated heterocycles. The first-order chi connectivity index (χ1) is 7.88. The molecule has 3 aromatic rings. The molecular formula is C14H8N2. The van der Waals surface area contributed by atoms with Gasteiger partial charge in [0.05, 0.1) is 22.7 Å². The van der Waals surface area contributed by atoms with E-state index in [0.29, 0.717) is 5.56 Å². The van der Waals surface area contributed by atoms with Crippen LogP contribution in [0.15, 0.2) is 48.5 Å². The van der Waals surface area contributed by atoms with E-state index >= 15 is 0 Å². The highest BCUT2D eigenvalue weighted by Crippen LogP contribution is 2.21. The molecule has 1 heterocycles. The van der Waals surface area contributed by atoms with Crippen LogP contribution in [0.5, 0.6) is 0 Å². The quantitative estimate of drug-likeness (QED) is 0.527. The molecule has 74 valence electrons. The van der Waals surface area contributed by atoms with Gasteiger partial charge in [-0.05, 0) is 24.3 Å². The van der Waals surface area contributed by atoms with Gasteiger partial charge in [-0.15, -0.1) is 0 Å². The van der Waals surface area contributed by atoms with Crippen molar-refractivity contribution in [2.45, 2.75) is 0 Å². The molecule has 1 aromatic heterocycles. The molecule has 0 bridgehead atoms. The summed E-state index contributed by atoms with van der Waals surface area (Å²) in [6, 6.07) is 17.8. The lowest BCUT2D eigenvalue weighted by molar-refractivity contribution is 1.47. The van der Waals surface area contributed by atoms with Crippen LogP contribution >= 0.6 is 0 Å². The number of nitrogens with zero attached hydrogens (tertiary/aromatic N) is 2. The van der Waals surface area contributed by atoms with Gasteiger partial charge in [-0.3, -0.25) is 0 Å². The predicted molar refractivity (Wildman–Crippen MR) is 64.0 cm³/mol. The lowest BCUT2D eigenvalue weighted by atomic mass is 10.1. The third-order valence-corrected chi connectivity index (χ3v) is 2.68. The van der Waals surface area contributed by atoms with Crippen molar-refractivity contribution in [2.24, 2.45) is 0 Å². The standard InChI is InChI=1S/C14H8N2/c15-9-11-5-3-7-14-12(11)8-10-4-1-2-6-13(10)16-14/h1-8H. The van der Waals surface area contributed by atoms with E-state index in [4.69, 9.17) is 5.26 Å². The van der Waals surface area contributed by atoms with Crippen LogP contribution in [0.2, 0.25) is 0 Å². The molecule has 16 heavy (non-hydrogen) atoms. The number of pyridine rings is 1. The Balaban J connectivity index is 2.52. The van der Waals surface area contributed by atoms with Gasteiger partial charge in [0.2, 0.25) is 0 Å². The van der Waals surface area contributed by atoms with Crippen molar-refractivity contribution in [3.8, 4) is 6.07 Å². The van der Waals surface area contributed by atoms with Gasteiger partial charge in [0.1, 0.15) is 0 Å². The van der Waals surface area contributed by atoms with Crippen molar-refractivity contribution in [3.63, 3.8) is 0 Å². The largest absolute Gasteiger partial charge is 0.248 e. The smallest absolute Gasteiger partial charge is 0.0998 e. The van der Waals surface area contributed by atoms with E-state index in [1.807, 2.05) is 48.5 Å². The summed E-state index contributed by atoms with van der Waals surface area (Å²) >= 11 is 0. The van der Waals surface area contributed by atoms with E-state index in [1.54, 1.807) is 0 Å². The maximum Gasteiger partial charge on any atom is 0.0998 e. The number of benzene rings is 2. The normalized spacial score (nSPS) is 10.4. The zero-order valence-electron chi connectivity index (χ0n) is 8.51. The summed E-state index contributed by atoms with van der Waals surface area (Å²) in [4.78, 5) is 4.54. The van der Waals surface area contributed by atoms with Crippen LogP contribution in [0.4, 0.5) is 0 Å². The Labute approximate surface area is 92.8 Å². The monoisotopic (exact) mass is 204 g/mol. The predicted octanol–water partition coefficient (Wildman–Crippen LogP) is 3.26.